The molecule has 37 heavy (non-hydrogen) atoms. The van der Waals surface area contributed by atoms with Gasteiger partial charge in [0.05, 0.1) is 30.0 Å². The standard InChI is InChI=1S/C28H26FN5O3/c29-19-12-14-23-22(15-19)26(35)28(37)32(23)16-20-17-33(31-30-20)25-24(13-11-18-7-3-1-4-8-18)34(27(25)36)21-9-5-2-6-10-21/h1,3-4,7-8,11-15,17,21,24-25H,2,5-6,9-10,16H2/b13-11+/t24-,25+/m1/s1. The second-order valence-corrected chi connectivity index (χ2v) is 9.81. The summed E-state index contributed by atoms with van der Waals surface area (Å²) in [6, 6.07) is 13.2. The minimum atomic E-state index is -0.745. The molecule has 8 nitrogen and oxygen atoms in total. The lowest BCUT2D eigenvalue weighted by Gasteiger charge is -2.50. The molecule has 0 spiro atoms. The number of rotatable bonds is 6. The summed E-state index contributed by atoms with van der Waals surface area (Å²) >= 11 is 0. The van der Waals surface area contributed by atoms with E-state index in [1.54, 1.807) is 10.9 Å². The molecule has 2 aliphatic heterocycles. The van der Waals surface area contributed by atoms with Crippen molar-refractivity contribution in [2.24, 2.45) is 0 Å². The minimum absolute atomic E-state index is 0.000969. The van der Waals surface area contributed by atoms with E-state index in [1.807, 2.05) is 41.3 Å². The molecule has 0 radical (unpaired) electrons. The van der Waals surface area contributed by atoms with E-state index in [0.717, 1.165) is 37.3 Å². The Hall–Kier alpha value is -4.14. The molecule has 2 fully saturated rings. The number of carbonyl (C=O) groups is 3. The maximum Gasteiger partial charge on any atom is 0.299 e. The van der Waals surface area contributed by atoms with Crippen molar-refractivity contribution in [1.82, 2.24) is 19.9 Å². The van der Waals surface area contributed by atoms with Gasteiger partial charge in [0.1, 0.15) is 11.5 Å². The lowest BCUT2D eigenvalue weighted by molar-refractivity contribution is -0.157. The number of hydrogen-bond acceptors (Lipinski definition) is 5. The summed E-state index contributed by atoms with van der Waals surface area (Å²) in [4.78, 5) is 41.5. The summed E-state index contributed by atoms with van der Waals surface area (Å²) in [7, 11) is 0. The average Bonchev–Trinajstić information content (AvgIpc) is 3.46. The molecule has 2 aromatic carbocycles. The molecule has 1 aromatic heterocycles. The molecular formula is C28H26FN5O3. The van der Waals surface area contributed by atoms with Gasteiger partial charge in [-0.05, 0) is 36.6 Å². The molecule has 6 rings (SSSR count). The third-order valence-corrected chi connectivity index (χ3v) is 7.50. The first-order valence-corrected chi connectivity index (χ1v) is 12.6. The van der Waals surface area contributed by atoms with E-state index in [-0.39, 0.29) is 30.1 Å². The van der Waals surface area contributed by atoms with E-state index in [2.05, 4.69) is 16.4 Å². The zero-order valence-electron chi connectivity index (χ0n) is 20.2. The van der Waals surface area contributed by atoms with E-state index < -0.39 is 23.5 Å². The van der Waals surface area contributed by atoms with Crippen LogP contribution in [-0.4, -0.2) is 49.6 Å². The highest BCUT2D eigenvalue weighted by Crippen LogP contribution is 2.38. The van der Waals surface area contributed by atoms with Crippen LogP contribution in [0.5, 0.6) is 0 Å². The van der Waals surface area contributed by atoms with Crippen LogP contribution in [0.4, 0.5) is 10.1 Å². The van der Waals surface area contributed by atoms with Crippen LogP contribution in [0.1, 0.15) is 59.8 Å². The third-order valence-electron chi connectivity index (χ3n) is 7.50. The normalized spacial score (nSPS) is 22.1. The minimum Gasteiger partial charge on any atom is -0.329 e. The Kier molecular flexibility index (Phi) is 5.90. The van der Waals surface area contributed by atoms with E-state index >= 15 is 0 Å². The lowest BCUT2D eigenvalue weighted by atomic mass is 9.85. The Labute approximate surface area is 213 Å². The fourth-order valence-corrected chi connectivity index (χ4v) is 5.65. The van der Waals surface area contributed by atoms with Gasteiger partial charge in [0.25, 0.3) is 17.6 Å². The van der Waals surface area contributed by atoms with Crippen LogP contribution < -0.4 is 4.90 Å². The molecule has 0 bridgehead atoms. The van der Waals surface area contributed by atoms with Crippen molar-refractivity contribution >= 4 is 29.4 Å². The Morgan fingerprint density at radius 3 is 2.57 bits per heavy atom. The Bertz CT molecular complexity index is 1400. The van der Waals surface area contributed by atoms with Crippen molar-refractivity contribution in [2.75, 3.05) is 4.90 Å². The first-order valence-electron chi connectivity index (χ1n) is 12.6. The molecule has 2 amide bonds. The SMILES string of the molecule is O=C1C(=O)N(Cc2cn([C@@H]3C(=O)N(C4CCCCC4)[C@@H]3/C=C/c3ccccc3)nn2)c2ccc(F)cc21. The number of anilines is 1. The Morgan fingerprint density at radius 2 is 1.78 bits per heavy atom. The van der Waals surface area contributed by atoms with Crippen LogP contribution in [0.3, 0.4) is 0 Å². The number of fused-ring (bicyclic) bond motifs is 1. The van der Waals surface area contributed by atoms with Gasteiger partial charge in [0.15, 0.2) is 6.04 Å². The fourth-order valence-electron chi connectivity index (χ4n) is 5.65. The highest BCUT2D eigenvalue weighted by Gasteiger charge is 2.50. The van der Waals surface area contributed by atoms with Crippen LogP contribution in [0.2, 0.25) is 0 Å². The predicted molar refractivity (Wildman–Crippen MR) is 134 cm³/mol. The van der Waals surface area contributed by atoms with Gasteiger partial charge in [-0.15, -0.1) is 5.10 Å². The molecule has 188 valence electrons. The Balaban J connectivity index is 1.25. The molecule has 2 atom stereocenters. The third kappa shape index (κ3) is 4.14. The van der Waals surface area contributed by atoms with Gasteiger partial charge in [-0.3, -0.25) is 19.3 Å². The summed E-state index contributed by atoms with van der Waals surface area (Å²) < 4.78 is 15.2. The van der Waals surface area contributed by atoms with Crippen LogP contribution in [0, 0.1) is 5.82 Å². The van der Waals surface area contributed by atoms with Crippen molar-refractivity contribution < 1.29 is 18.8 Å². The smallest absolute Gasteiger partial charge is 0.299 e. The zero-order chi connectivity index (χ0) is 25.5. The van der Waals surface area contributed by atoms with E-state index in [1.165, 1.54) is 23.5 Å². The molecule has 0 N–H and O–H groups in total. The maximum absolute atomic E-state index is 13.6. The van der Waals surface area contributed by atoms with Gasteiger partial charge in [-0.25, -0.2) is 9.07 Å². The number of halogens is 1. The van der Waals surface area contributed by atoms with E-state index in [9.17, 15) is 18.8 Å². The second-order valence-electron chi connectivity index (χ2n) is 9.81. The number of aromatic nitrogens is 3. The largest absolute Gasteiger partial charge is 0.329 e. The van der Waals surface area contributed by atoms with Gasteiger partial charge in [-0.1, -0.05) is 67.0 Å². The molecule has 3 aromatic rings. The second kappa shape index (κ2) is 9.38. The fraction of sp³-hybridized carbons (Fsp3) is 0.321. The van der Waals surface area contributed by atoms with Crippen molar-refractivity contribution in [2.45, 2.75) is 56.8 Å². The number of nitrogens with zero attached hydrogens (tertiary/aromatic N) is 5. The van der Waals surface area contributed by atoms with E-state index in [0.29, 0.717) is 11.4 Å². The van der Waals surface area contributed by atoms with Crippen molar-refractivity contribution in [3.05, 3.63) is 83.4 Å². The number of amides is 2. The number of ketones is 1. The first kappa shape index (κ1) is 23.3. The lowest BCUT2D eigenvalue weighted by Crippen LogP contribution is -2.64. The summed E-state index contributed by atoms with van der Waals surface area (Å²) in [5.41, 5.74) is 1.88. The van der Waals surface area contributed by atoms with E-state index in [4.69, 9.17) is 0 Å². The molecule has 9 heteroatoms. The topological polar surface area (TPSA) is 88.4 Å². The van der Waals surface area contributed by atoms with Crippen LogP contribution >= 0.6 is 0 Å². The number of benzene rings is 2. The predicted octanol–water partition coefficient (Wildman–Crippen LogP) is 3.94. The summed E-state index contributed by atoms with van der Waals surface area (Å²) in [5.74, 6) is -2.04. The number of hydrogen-bond donors (Lipinski definition) is 0. The summed E-state index contributed by atoms with van der Waals surface area (Å²) in [5, 5.41) is 8.43. The van der Waals surface area contributed by atoms with Gasteiger partial charge in [0, 0.05) is 6.04 Å². The number of Topliss-reactive ketones (excluding diaryl/α,β-unsaturated/α-hetero) is 1. The summed E-state index contributed by atoms with van der Waals surface area (Å²) in [6.45, 7) is 0.000969. The van der Waals surface area contributed by atoms with Gasteiger partial charge in [-0.2, -0.15) is 0 Å². The molecule has 3 heterocycles. The van der Waals surface area contributed by atoms with Gasteiger partial charge < -0.3 is 4.90 Å². The average molecular weight is 500 g/mol. The van der Waals surface area contributed by atoms with Crippen molar-refractivity contribution in [1.29, 1.82) is 0 Å². The molecule has 0 unspecified atom stereocenters. The number of β-lactam (4-membered cyclic amide) rings is 1. The molecular weight excluding hydrogens is 473 g/mol. The van der Waals surface area contributed by atoms with Crippen molar-refractivity contribution in [3.8, 4) is 0 Å². The van der Waals surface area contributed by atoms with Crippen LogP contribution in [-0.2, 0) is 16.1 Å². The van der Waals surface area contributed by atoms with Gasteiger partial charge in [0.2, 0.25) is 0 Å². The maximum atomic E-state index is 13.6. The quantitative estimate of drug-likeness (QED) is 0.379. The number of carbonyl (C=O) groups excluding carboxylic acids is 3. The van der Waals surface area contributed by atoms with Gasteiger partial charge >= 0.3 is 0 Å². The molecule has 3 aliphatic rings. The summed E-state index contributed by atoms with van der Waals surface area (Å²) in [6.07, 6.45) is 11.2. The monoisotopic (exact) mass is 499 g/mol. The van der Waals surface area contributed by atoms with Crippen molar-refractivity contribution in [3.63, 3.8) is 0 Å². The van der Waals surface area contributed by atoms with Crippen LogP contribution in [0.25, 0.3) is 6.08 Å². The Morgan fingerprint density at radius 1 is 1.00 bits per heavy atom. The molecule has 1 saturated heterocycles. The molecule has 1 saturated carbocycles. The van der Waals surface area contributed by atoms with Crippen LogP contribution in [0.15, 0.2) is 60.8 Å². The zero-order valence-corrected chi connectivity index (χ0v) is 20.2. The number of likely N-dealkylation sites (tertiary alicyclic amines) is 1. The highest BCUT2D eigenvalue weighted by molar-refractivity contribution is 6.52. The molecule has 1 aliphatic carbocycles. The highest BCUT2D eigenvalue weighted by atomic mass is 19.1. The first-order chi connectivity index (χ1) is 18.0.